The lowest BCUT2D eigenvalue weighted by Crippen LogP contribution is -2.47. The summed E-state index contributed by atoms with van der Waals surface area (Å²) in [5.41, 5.74) is 2.89. The van der Waals surface area contributed by atoms with E-state index >= 15 is 0 Å². The number of ketones is 1. The molecule has 1 aromatic rings. The molecule has 0 aromatic heterocycles. The van der Waals surface area contributed by atoms with Crippen LogP contribution in [-0.4, -0.2) is 30.9 Å². The maximum absolute atomic E-state index is 12.6. The van der Waals surface area contributed by atoms with Crippen LogP contribution in [-0.2, 0) is 11.2 Å². The number of rotatable bonds is 2. The van der Waals surface area contributed by atoms with Crippen molar-refractivity contribution in [2.45, 2.75) is 46.1 Å². The lowest BCUT2D eigenvalue weighted by atomic mass is 9.76. The van der Waals surface area contributed by atoms with Gasteiger partial charge < -0.3 is 4.74 Å². The highest BCUT2D eigenvalue weighted by molar-refractivity contribution is 5.83. The minimum atomic E-state index is 0.198. The Labute approximate surface area is 133 Å². The standard InChI is InChI=1S/C19H27NO2/c1-19(2,3)11-14-12-20-8-7-13-5-6-15(22-4)9-16(13)17(20)10-18(14)21/h5-6,9,14,17H,7-8,10-12H2,1-4H3/t14-,17-/m0/s1. The molecule has 3 nitrogen and oxygen atoms in total. The Balaban J connectivity index is 1.83. The van der Waals surface area contributed by atoms with Crippen molar-refractivity contribution in [1.82, 2.24) is 4.90 Å². The number of hydrogen-bond acceptors (Lipinski definition) is 3. The Morgan fingerprint density at radius 2 is 2.09 bits per heavy atom. The van der Waals surface area contributed by atoms with E-state index in [-0.39, 0.29) is 17.4 Å². The summed E-state index contributed by atoms with van der Waals surface area (Å²) in [6, 6.07) is 6.57. The number of Topliss-reactive ketones (excluding diaryl/α,β-unsaturated/α-hetero) is 1. The first-order valence-electron chi connectivity index (χ1n) is 8.31. The number of carbonyl (C=O) groups is 1. The first kappa shape index (κ1) is 15.5. The Hall–Kier alpha value is -1.35. The summed E-state index contributed by atoms with van der Waals surface area (Å²) in [6.07, 6.45) is 2.72. The molecule has 120 valence electrons. The number of carbonyl (C=O) groups excluding carboxylic acids is 1. The van der Waals surface area contributed by atoms with E-state index < -0.39 is 0 Å². The fraction of sp³-hybridized carbons (Fsp3) is 0.632. The van der Waals surface area contributed by atoms with Crippen molar-refractivity contribution in [1.29, 1.82) is 0 Å². The second-order valence-corrected chi connectivity index (χ2v) is 7.96. The molecular weight excluding hydrogens is 274 g/mol. The van der Waals surface area contributed by atoms with Gasteiger partial charge in [-0.1, -0.05) is 26.8 Å². The van der Waals surface area contributed by atoms with Gasteiger partial charge in [-0.15, -0.1) is 0 Å². The molecule has 1 saturated heterocycles. The fourth-order valence-corrected chi connectivity index (χ4v) is 3.97. The van der Waals surface area contributed by atoms with Crippen molar-refractivity contribution in [3.05, 3.63) is 29.3 Å². The summed E-state index contributed by atoms with van der Waals surface area (Å²) in [6.45, 7) is 8.66. The quantitative estimate of drug-likeness (QED) is 0.835. The summed E-state index contributed by atoms with van der Waals surface area (Å²) in [5, 5.41) is 0. The SMILES string of the molecule is COc1ccc2c(c1)[C@@H]1CC(=O)[C@@H](CC(C)(C)C)CN1CC2. The van der Waals surface area contributed by atoms with Crippen molar-refractivity contribution in [2.75, 3.05) is 20.2 Å². The molecule has 2 aliphatic rings. The topological polar surface area (TPSA) is 29.5 Å². The minimum absolute atomic E-state index is 0.198. The monoisotopic (exact) mass is 301 g/mol. The first-order chi connectivity index (χ1) is 10.4. The molecule has 3 heteroatoms. The van der Waals surface area contributed by atoms with Gasteiger partial charge in [0.25, 0.3) is 0 Å². The molecule has 0 saturated carbocycles. The average molecular weight is 301 g/mol. The van der Waals surface area contributed by atoms with Crippen LogP contribution in [0.2, 0.25) is 0 Å². The van der Waals surface area contributed by atoms with E-state index in [1.54, 1.807) is 7.11 Å². The molecule has 1 aromatic carbocycles. The highest BCUT2D eigenvalue weighted by atomic mass is 16.5. The summed E-state index contributed by atoms with van der Waals surface area (Å²) < 4.78 is 5.37. The van der Waals surface area contributed by atoms with Crippen LogP contribution < -0.4 is 4.74 Å². The second-order valence-electron chi connectivity index (χ2n) is 7.96. The Morgan fingerprint density at radius 1 is 1.32 bits per heavy atom. The summed E-state index contributed by atoms with van der Waals surface area (Å²) in [5.74, 6) is 1.53. The van der Waals surface area contributed by atoms with Gasteiger partial charge in [-0.2, -0.15) is 0 Å². The summed E-state index contributed by atoms with van der Waals surface area (Å²) in [4.78, 5) is 15.1. The molecule has 0 amide bonds. The largest absolute Gasteiger partial charge is 0.497 e. The number of piperidine rings is 1. The smallest absolute Gasteiger partial charge is 0.139 e. The molecule has 22 heavy (non-hydrogen) atoms. The molecule has 2 aliphatic heterocycles. The molecule has 0 unspecified atom stereocenters. The zero-order valence-electron chi connectivity index (χ0n) is 14.2. The molecule has 3 rings (SSSR count). The third kappa shape index (κ3) is 3.05. The fourth-order valence-electron chi connectivity index (χ4n) is 3.97. The molecule has 1 fully saturated rings. The average Bonchev–Trinajstić information content (AvgIpc) is 2.46. The number of ether oxygens (including phenoxy) is 1. The highest BCUT2D eigenvalue weighted by Gasteiger charge is 2.39. The van der Waals surface area contributed by atoms with Gasteiger partial charge in [-0.3, -0.25) is 9.69 Å². The van der Waals surface area contributed by atoms with E-state index in [9.17, 15) is 4.79 Å². The molecule has 0 radical (unpaired) electrons. The summed E-state index contributed by atoms with van der Waals surface area (Å²) in [7, 11) is 1.70. The van der Waals surface area contributed by atoms with Gasteiger partial charge >= 0.3 is 0 Å². The highest BCUT2D eigenvalue weighted by Crippen LogP contribution is 2.40. The van der Waals surface area contributed by atoms with Crippen LogP contribution in [0.25, 0.3) is 0 Å². The lowest BCUT2D eigenvalue weighted by molar-refractivity contribution is -0.130. The van der Waals surface area contributed by atoms with Crippen molar-refractivity contribution in [3.8, 4) is 5.75 Å². The third-order valence-corrected chi connectivity index (χ3v) is 4.98. The zero-order chi connectivity index (χ0) is 15.9. The van der Waals surface area contributed by atoms with Crippen LogP contribution in [0.5, 0.6) is 5.75 Å². The van der Waals surface area contributed by atoms with Gasteiger partial charge in [-0.25, -0.2) is 0 Å². The van der Waals surface area contributed by atoms with E-state index in [0.29, 0.717) is 12.2 Å². The Kier molecular flexibility index (Phi) is 4.02. The van der Waals surface area contributed by atoms with Gasteiger partial charge in [0.05, 0.1) is 7.11 Å². The van der Waals surface area contributed by atoms with Gasteiger partial charge in [0.2, 0.25) is 0 Å². The lowest BCUT2D eigenvalue weighted by Gasteiger charge is -2.44. The van der Waals surface area contributed by atoms with Gasteiger partial charge in [0.1, 0.15) is 11.5 Å². The van der Waals surface area contributed by atoms with Crippen LogP contribution in [0, 0.1) is 11.3 Å². The van der Waals surface area contributed by atoms with Crippen molar-refractivity contribution in [3.63, 3.8) is 0 Å². The van der Waals surface area contributed by atoms with Crippen molar-refractivity contribution >= 4 is 5.78 Å². The molecule has 0 bridgehead atoms. The second kappa shape index (κ2) is 5.69. The number of nitrogens with zero attached hydrogens (tertiary/aromatic N) is 1. The third-order valence-electron chi connectivity index (χ3n) is 4.98. The molecule has 0 aliphatic carbocycles. The predicted molar refractivity (Wildman–Crippen MR) is 88.2 cm³/mol. The molecule has 2 atom stereocenters. The van der Waals surface area contributed by atoms with Crippen LogP contribution in [0.15, 0.2) is 18.2 Å². The van der Waals surface area contributed by atoms with Crippen molar-refractivity contribution < 1.29 is 9.53 Å². The van der Waals surface area contributed by atoms with Crippen LogP contribution >= 0.6 is 0 Å². The maximum atomic E-state index is 12.6. The first-order valence-corrected chi connectivity index (χ1v) is 8.31. The molecule has 2 heterocycles. The van der Waals surface area contributed by atoms with Crippen LogP contribution in [0.1, 0.15) is 50.8 Å². The van der Waals surface area contributed by atoms with Gasteiger partial charge in [0, 0.05) is 31.5 Å². The van der Waals surface area contributed by atoms with Gasteiger partial charge in [-0.05, 0) is 41.5 Å². The number of fused-ring (bicyclic) bond motifs is 3. The number of benzene rings is 1. The van der Waals surface area contributed by atoms with E-state index in [1.165, 1.54) is 11.1 Å². The molecule has 0 spiro atoms. The normalized spacial score (nSPS) is 25.5. The van der Waals surface area contributed by atoms with Crippen LogP contribution in [0.4, 0.5) is 0 Å². The maximum Gasteiger partial charge on any atom is 0.139 e. The number of methoxy groups -OCH3 is 1. The van der Waals surface area contributed by atoms with E-state index in [2.05, 4.69) is 37.8 Å². The van der Waals surface area contributed by atoms with E-state index in [4.69, 9.17) is 4.74 Å². The Morgan fingerprint density at radius 3 is 2.77 bits per heavy atom. The zero-order valence-corrected chi connectivity index (χ0v) is 14.2. The Bertz CT molecular complexity index is 573. The minimum Gasteiger partial charge on any atom is -0.497 e. The molecular formula is C19H27NO2. The van der Waals surface area contributed by atoms with E-state index in [1.807, 2.05) is 6.07 Å². The molecule has 0 N–H and O–H groups in total. The van der Waals surface area contributed by atoms with Crippen LogP contribution in [0.3, 0.4) is 0 Å². The number of hydrogen-bond donors (Lipinski definition) is 0. The van der Waals surface area contributed by atoms with E-state index in [0.717, 1.165) is 31.7 Å². The summed E-state index contributed by atoms with van der Waals surface area (Å²) >= 11 is 0. The van der Waals surface area contributed by atoms with Gasteiger partial charge in [0.15, 0.2) is 0 Å². The predicted octanol–water partition coefficient (Wildman–Crippen LogP) is 3.62. The van der Waals surface area contributed by atoms with Crippen molar-refractivity contribution in [2.24, 2.45) is 11.3 Å².